The van der Waals surface area contributed by atoms with Crippen LogP contribution in [0, 0.1) is 0 Å². The van der Waals surface area contributed by atoms with Crippen molar-refractivity contribution in [2.75, 3.05) is 9.80 Å². The third kappa shape index (κ3) is 8.79. The van der Waals surface area contributed by atoms with E-state index in [0.29, 0.717) is 0 Å². The Morgan fingerprint density at radius 1 is 0.253 bits per heavy atom. The predicted molar refractivity (Wildman–Crippen MR) is 385 cm³/mol. The first kappa shape index (κ1) is 54.2. The molecule has 91 heavy (non-hydrogen) atoms. The fourth-order valence-corrected chi connectivity index (χ4v) is 15.3. The van der Waals surface area contributed by atoms with Crippen LogP contribution < -0.4 is 9.80 Å². The van der Waals surface area contributed by atoms with E-state index in [4.69, 9.17) is 9.97 Å². The zero-order valence-electron chi connectivity index (χ0n) is 52.0. The molecule has 17 rings (SSSR count). The summed E-state index contributed by atoms with van der Waals surface area (Å²) in [5, 5.41) is 9.38. The van der Waals surface area contributed by atoms with Crippen LogP contribution in [0.4, 0.5) is 34.4 Å². The zero-order valence-corrected chi connectivity index (χ0v) is 52.0. The molecule has 0 saturated heterocycles. The summed E-state index contributed by atoms with van der Waals surface area (Å²) in [5.74, 6) is 1.84. The van der Waals surface area contributed by atoms with Crippen LogP contribution in [-0.4, -0.2) is 9.97 Å². The lowest BCUT2D eigenvalue weighted by atomic mass is 9.81. The van der Waals surface area contributed by atoms with E-state index in [1.165, 1.54) is 111 Å². The van der Waals surface area contributed by atoms with Gasteiger partial charge in [0.2, 0.25) is 0 Å². The molecular weight excluding hydrogens is 1100 g/mol. The van der Waals surface area contributed by atoms with Gasteiger partial charge in [0, 0.05) is 62.2 Å². The molecule has 434 valence electrons. The van der Waals surface area contributed by atoms with Gasteiger partial charge in [-0.05, 0) is 182 Å². The Bertz CT molecular complexity index is 5080. The number of anilines is 6. The molecule has 0 saturated carbocycles. The average molecular weight is 1170 g/mol. The molecule has 0 spiro atoms. The van der Waals surface area contributed by atoms with Gasteiger partial charge in [-0.15, -0.1) is 0 Å². The third-order valence-electron chi connectivity index (χ3n) is 20.3. The summed E-state index contributed by atoms with van der Waals surface area (Å²) in [5.41, 5.74) is 24.3. The molecule has 2 aromatic heterocycles. The fourth-order valence-electron chi connectivity index (χ4n) is 15.3. The first-order valence-corrected chi connectivity index (χ1v) is 31.8. The normalized spacial score (nSPS) is 14.4. The lowest BCUT2D eigenvalue weighted by molar-refractivity contribution is 0.660. The van der Waals surface area contributed by atoms with Crippen LogP contribution in [0.25, 0.3) is 101 Å². The highest BCUT2D eigenvalue weighted by Crippen LogP contribution is 2.55. The van der Waals surface area contributed by atoms with Gasteiger partial charge in [0.25, 0.3) is 0 Å². The van der Waals surface area contributed by atoms with Crippen LogP contribution in [-0.2, 0) is 16.2 Å². The van der Waals surface area contributed by atoms with E-state index < -0.39 is 0 Å². The van der Waals surface area contributed by atoms with Crippen LogP contribution >= 0.6 is 0 Å². The Morgan fingerprint density at radius 2 is 0.527 bits per heavy atom. The molecule has 0 unspecified atom stereocenters. The maximum Gasteiger partial charge on any atom is 0.145 e. The van der Waals surface area contributed by atoms with Gasteiger partial charge in [0.15, 0.2) is 0 Å². The molecule has 0 aliphatic heterocycles. The summed E-state index contributed by atoms with van der Waals surface area (Å²) in [7, 11) is 0. The molecule has 0 fully saturated rings. The quantitative estimate of drug-likeness (QED) is 0.128. The number of hydrogen-bond acceptors (Lipinski definition) is 4. The molecule has 14 aromatic rings. The Hall–Kier alpha value is -10.9. The number of hydrogen-bond donors (Lipinski definition) is 0. The van der Waals surface area contributed by atoms with Crippen molar-refractivity contribution in [3.8, 4) is 33.4 Å². The Labute approximate surface area is 532 Å². The highest BCUT2D eigenvalue weighted by Gasteiger charge is 2.39. The molecule has 0 N–H and O–H groups in total. The van der Waals surface area contributed by atoms with Crippen molar-refractivity contribution in [2.45, 2.75) is 57.8 Å². The molecule has 4 nitrogen and oxygen atoms in total. The van der Waals surface area contributed by atoms with Gasteiger partial charge in [-0.2, -0.15) is 0 Å². The van der Waals surface area contributed by atoms with Crippen LogP contribution in [0.5, 0.6) is 0 Å². The van der Waals surface area contributed by atoms with Crippen LogP contribution in [0.2, 0.25) is 0 Å². The third-order valence-corrected chi connectivity index (χ3v) is 20.3. The molecule has 2 heterocycles. The van der Waals surface area contributed by atoms with Gasteiger partial charge in [0.1, 0.15) is 11.6 Å². The molecule has 3 aliphatic carbocycles. The van der Waals surface area contributed by atoms with E-state index in [0.717, 1.165) is 55.9 Å². The minimum Gasteiger partial charge on any atom is -0.295 e. The van der Waals surface area contributed by atoms with Gasteiger partial charge >= 0.3 is 0 Å². The smallest absolute Gasteiger partial charge is 0.145 e. The molecule has 3 aliphatic rings. The standard InChI is InChI=1S/C87H66N4/c1-85(2)77-47-55(23-25-57-29-39-73-75-41-35-67(53-81(75)86(3,4)79(73)49-57)90(65-33-31-59-15-7-9-19-63(59)51-65)83-69-21-13-11-17-61(69)43-45-88-83)27-37-71(77)72-38-28-56(48-78(72)85)24-26-58-30-40-74-76-42-36-68(54-82(76)87(5,6)80(74)50-58)91(66-34-32-60-16-8-10-20-64(60)52-66)84-70-22-14-12-18-62(70)44-46-89-84/h7-54H,1-6H3/b25-23+,26-24+. The number of rotatable bonds is 10. The second-order valence-corrected chi connectivity index (χ2v) is 26.7. The Balaban J connectivity index is 0.623. The van der Waals surface area contributed by atoms with Crippen molar-refractivity contribution in [1.82, 2.24) is 9.97 Å². The summed E-state index contributed by atoms with van der Waals surface area (Å²) >= 11 is 0. The topological polar surface area (TPSA) is 32.3 Å². The summed E-state index contributed by atoms with van der Waals surface area (Å²) < 4.78 is 0. The van der Waals surface area contributed by atoms with Crippen molar-refractivity contribution in [3.05, 3.63) is 323 Å². The molecule has 4 heteroatoms. The van der Waals surface area contributed by atoms with Crippen LogP contribution in [0.1, 0.15) is 97.2 Å². The first-order valence-electron chi connectivity index (χ1n) is 31.8. The number of fused-ring (bicyclic) bond motifs is 13. The molecule has 0 radical (unpaired) electrons. The van der Waals surface area contributed by atoms with Gasteiger partial charge in [-0.3, -0.25) is 9.80 Å². The van der Waals surface area contributed by atoms with Gasteiger partial charge in [-0.1, -0.05) is 260 Å². The summed E-state index contributed by atoms with van der Waals surface area (Å²) in [6, 6.07) is 94.1. The summed E-state index contributed by atoms with van der Waals surface area (Å²) in [6.07, 6.45) is 13.0. The monoisotopic (exact) mass is 1170 g/mol. The second-order valence-electron chi connectivity index (χ2n) is 26.7. The number of benzene rings is 12. The van der Waals surface area contributed by atoms with E-state index in [1.54, 1.807) is 0 Å². The largest absolute Gasteiger partial charge is 0.295 e. The first-order chi connectivity index (χ1) is 44.3. The van der Waals surface area contributed by atoms with E-state index in [2.05, 4.69) is 330 Å². The lowest BCUT2D eigenvalue weighted by Gasteiger charge is -2.28. The highest BCUT2D eigenvalue weighted by atomic mass is 15.2. The molecule has 0 bridgehead atoms. The molecule has 0 amide bonds. The van der Waals surface area contributed by atoms with Crippen molar-refractivity contribution in [2.24, 2.45) is 0 Å². The lowest BCUT2D eigenvalue weighted by Crippen LogP contribution is -2.17. The number of nitrogens with zero attached hydrogens (tertiary/aromatic N) is 4. The van der Waals surface area contributed by atoms with Gasteiger partial charge in [-0.25, -0.2) is 9.97 Å². The number of pyridine rings is 2. The molecule has 12 aromatic carbocycles. The van der Waals surface area contributed by atoms with E-state index in [9.17, 15) is 0 Å². The summed E-state index contributed by atoms with van der Waals surface area (Å²) in [6.45, 7) is 14.3. The van der Waals surface area contributed by atoms with Crippen LogP contribution in [0.15, 0.2) is 267 Å². The van der Waals surface area contributed by atoms with Crippen molar-refractivity contribution in [3.63, 3.8) is 0 Å². The average Bonchev–Trinajstić information content (AvgIpc) is 1.63. The van der Waals surface area contributed by atoms with Crippen molar-refractivity contribution >= 4 is 102 Å². The van der Waals surface area contributed by atoms with E-state index in [1.807, 2.05) is 12.4 Å². The predicted octanol–water partition coefficient (Wildman–Crippen LogP) is 23.3. The van der Waals surface area contributed by atoms with Crippen molar-refractivity contribution < 1.29 is 0 Å². The summed E-state index contributed by atoms with van der Waals surface area (Å²) in [4.78, 5) is 14.8. The maximum atomic E-state index is 5.08. The maximum absolute atomic E-state index is 5.08. The molecular formula is C87H66N4. The van der Waals surface area contributed by atoms with Gasteiger partial charge in [0.05, 0.1) is 0 Å². The highest BCUT2D eigenvalue weighted by molar-refractivity contribution is 6.01. The minimum atomic E-state index is -0.236. The van der Waals surface area contributed by atoms with Crippen LogP contribution in [0.3, 0.4) is 0 Å². The zero-order chi connectivity index (χ0) is 61.3. The minimum absolute atomic E-state index is 0.177. The van der Waals surface area contributed by atoms with E-state index in [-0.39, 0.29) is 16.2 Å². The van der Waals surface area contributed by atoms with Gasteiger partial charge < -0.3 is 0 Å². The molecule has 0 atom stereocenters. The van der Waals surface area contributed by atoms with E-state index >= 15 is 0 Å². The van der Waals surface area contributed by atoms with Crippen molar-refractivity contribution in [1.29, 1.82) is 0 Å². The Kier molecular flexibility index (Phi) is 12.3. The number of aromatic nitrogens is 2. The Morgan fingerprint density at radius 3 is 0.879 bits per heavy atom. The SMILES string of the molecule is CC1(C)c2cc(/C=C/c3ccc4c(c3)C(C)(C)c3cc(N(c5ccc6ccccc6c5)c5nccc6ccccc56)ccc3-4)ccc2-c2ccc(/C=C/c3ccc4c(c3)C(C)(C)c3cc(N(c5ccc6ccccc6c5)c5nccc6ccccc56)ccc3-4)cc21. The fraction of sp³-hybridized carbons (Fsp3) is 0.103. The second kappa shape index (κ2) is 20.6.